The Morgan fingerprint density at radius 1 is 1.24 bits per heavy atom. The van der Waals surface area contributed by atoms with Crippen LogP contribution in [0, 0.1) is 5.92 Å². The van der Waals surface area contributed by atoms with Gasteiger partial charge >= 0.3 is 0 Å². The summed E-state index contributed by atoms with van der Waals surface area (Å²) in [6.45, 7) is 2.47. The molecule has 0 spiro atoms. The lowest BCUT2D eigenvalue weighted by atomic mass is 9.95. The van der Waals surface area contributed by atoms with Crippen LogP contribution in [0.15, 0.2) is 48.8 Å². The summed E-state index contributed by atoms with van der Waals surface area (Å²) in [5.41, 5.74) is 6.13. The molecule has 1 unspecified atom stereocenters. The molecule has 1 aliphatic carbocycles. The first kappa shape index (κ1) is 21.2. The topological polar surface area (TPSA) is 77.2 Å². The lowest BCUT2D eigenvalue weighted by Crippen LogP contribution is -2.53. The van der Waals surface area contributed by atoms with Crippen LogP contribution in [0.5, 0.6) is 11.5 Å². The van der Waals surface area contributed by atoms with E-state index >= 15 is 0 Å². The van der Waals surface area contributed by atoms with Crippen LogP contribution in [0.25, 0.3) is 0 Å². The third-order valence-electron chi connectivity index (χ3n) is 4.29. The first-order valence-electron chi connectivity index (χ1n) is 7.81. The highest BCUT2D eigenvalue weighted by molar-refractivity contribution is 5.94. The minimum Gasteiger partial charge on any atom is -0.456 e. The third kappa shape index (κ3) is 5.33. The van der Waals surface area contributed by atoms with E-state index in [2.05, 4.69) is 10.3 Å². The van der Waals surface area contributed by atoms with Crippen LogP contribution in [0.1, 0.15) is 30.1 Å². The number of ether oxygens (including phenoxy) is 1. The quantitative estimate of drug-likeness (QED) is 0.798. The van der Waals surface area contributed by atoms with Crippen molar-refractivity contribution in [3.63, 3.8) is 0 Å². The highest BCUT2D eigenvalue weighted by Crippen LogP contribution is 2.39. The van der Waals surface area contributed by atoms with Gasteiger partial charge in [0, 0.05) is 18.3 Å². The second kappa shape index (κ2) is 9.04. The number of nitrogens with zero attached hydrogens (tertiary/aromatic N) is 1. The minimum atomic E-state index is -0.317. The van der Waals surface area contributed by atoms with E-state index in [9.17, 15) is 4.79 Å². The third-order valence-corrected chi connectivity index (χ3v) is 4.29. The van der Waals surface area contributed by atoms with E-state index in [1.807, 2.05) is 19.1 Å². The molecule has 0 aliphatic heterocycles. The number of amides is 1. The fourth-order valence-electron chi connectivity index (χ4n) is 2.59. The van der Waals surface area contributed by atoms with Crippen molar-refractivity contribution in [3.05, 3.63) is 54.4 Å². The zero-order valence-electron chi connectivity index (χ0n) is 14.0. The normalized spacial score (nSPS) is 15.1. The molecule has 1 saturated carbocycles. The predicted octanol–water partition coefficient (Wildman–Crippen LogP) is 3.57. The summed E-state index contributed by atoms with van der Waals surface area (Å²) < 4.78 is 5.67. The van der Waals surface area contributed by atoms with E-state index in [-0.39, 0.29) is 36.3 Å². The van der Waals surface area contributed by atoms with Gasteiger partial charge in [-0.25, -0.2) is 0 Å². The standard InChI is InChI=1S/C18H21N3O2.2ClH/c1-18(12-19,14-6-7-14)21-17(22)13-4-8-15(9-5-13)23-16-3-2-10-20-11-16;;/h2-5,8-11,14H,6-7,12,19H2,1H3,(H,21,22);2*1H. The number of carbonyl (C=O) groups excluding carboxylic acids is 1. The minimum absolute atomic E-state index is 0. The Morgan fingerprint density at radius 2 is 1.92 bits per heavy atom. The molecule has 1 fully saturated rings. The number of hydrogen-bond acceptors (Lipinski definition) is 4. The summed E-state index contributed by atoms with van der Waals surface area (Å²) in [6, 6.07) is 10.7. The number of hydrogen-bond donors (Lipinski definition) is 2. The molecule has 136 valence electrons. The summed E-state index contributed by atoms with van der Waals surface area (Å²) in [7, 11) is 0. The monoisotopic (exact) mass is 383 g/mol. The lowest BCUT2D eigenvalue weighted by molar-refractivity contribution is 0.0898. The highest BCUT2D eigenvalue weighted by atomic mass is 35.5. The molecule has 25 heavy (non-hydrogen) atoms. The van der Waals surface area contributed by atoms with Gasteiger partial charge in [-0.15, -0.1) is 24.8 Å². The Balaban J connectivity index is 0.00000156. The van der Waals surface area contributed by atoms with Crippen molar-refractivity contribution < 1.29 is 9.53 Å². The molecule has 0 bridgehead atoms. The second-order valence-electron chi connectivity index (χ2n) is 6.17. The lowest BCUT2D eigenvalue weighted by Gasteiger charge is -2.29. The zero-order valence-corrected chi connectivity index (χ0v) is 15.6. The van der Waals surface area contributed by atoms with Gasteiger partial charge in [-0.1, -0.05) is 0 Å². The number of benzene rings is 1. The molecule has 1 amide bonds. The fraction of sp³-hybridized carbons (Fsp3) is 0.333. The first-order valence-corrected chi connectivity index (χ1v) is 7.81. The molecule has 5 nitrogen and oxygen atoms in total. The van der Waals surface area contributed by atoms with Gasteiger partial charge in [0.15, 0.2) is 0 Å². The molecule has 1 aromatic heterocycles. The average Bonchev–Trinajstić information content (AvgIpc) is 3.42. The largest absolute Gasteiger partial charge is 0.456 e. The van der Waals surface area contributed by atoms with Crippen LogP contribution in [-0.4, -0.2) is 23.0 Å². The summed E-state index contributed by atoms with van der Waals surface area (Å²) in [5.74, 6) is 1.72. The second-order valence-corrected chi connectivity index (χ2v) is 6.17. The van der Waals surface area contributed by atoms with Gasteiger partial charge in [-0.05, 0) is 62.1 Å². The molecule has 0 saturated heterocycles. The number of halogens is 2. The van der Waals surface area contributed by atoms with Gasteiger partial charge in [-0.2, -0.15) is 0 Å². The Kier molecular flexibility index (Phi) is 7.67. The van der Waals surface area contributed by atoms with E-state index in [4.69, 9.17) is 10.5 Å². The van der Waals surface area contributed by atoms with E-state index in [1.54, 1.807) is 36.7 Å². The van der Waals surface area contributed by atoms with Gasteiger partial charge < -0.3 is 15.8 Å². The fourth-order valence-corrected chi connectivity index (χ4v) is 2.59. The van der Waals surface area contributed by atoms with Crippen LogP contribution in [-0.2, 0) is 0 Å². The first-order chi connectivity index (χ1) is 11.1. The number of carbonyl (C=O) groups is 1. The molecule has 0 radical (unpaired) electrons. The number of nitrogens with one attached hydrogen (secondary N) is 1. The van der Waals surface area contributed by atoms with Gasteiger partial charge in [-0.3, -0.25) is 9.78 Å². The maximum absolute atomic E-state index is 12.4. The van der Waals surface area contributed by atoms with Gasteiger partial charge in [0.25, 0.3) is 5.91 Å². The van der Waals surface area contributed by atoms with Crippen molar-refractivity contribution in [2.75, 3.05) is 6.54 Å². The van der Waals surface area contributed by atoms with Crippen molar-refractivity contribution in [2.24, 2.45) is 11.7 Å². The number of nitrogens with two attached hydrogens (primary N) is 1. The maximum atomic E-state index is 12.4. The Morgan fingerprint density at radius 3 is 2.44 bits per heavy atom. The molecule has 3 N–H and O–H groups in total. The van der Waals surface area contributed by atoms with Crippen molar-refractivity contribution in [3.8, 4) is 11.5 Å². The van der Waals surface area contributed by atoms with E-state index in [1.165, 1.54) is 0 Å². The molecule has 1 aliphatic rings. The van der Waals surface area contributed by atoms with E-state index < -0.39 is 0 Å². The zero-order chi connectivity index (χ0) is 16.3. The number of pyridine rings is 1. The summed E-state index contributed by atoms with van der Waals surface area (Å²) >= 11 is 0. The summed E-state index contributed by atoms with van der Waals surface area (Å²) in [5, 5.41) is 3.08. The molecular weight excluding hydrogens is 361 g/mol. The molecule has 7 heteroatoms. The van der Waals surface area contributed by atoms with E-state index in [0.29, 0.717) is 29.5 Å². The average molecular weight is 384 g/mol. The Labute approximate surface area is 160 Å². The van der Waals surface area contributed by atoms with Crippen LogP contribution in [0.2, 0.25) is 0 Å². The van der Waals surface area contributed by atoms with Crippen LogP contribution in [0.3, 0.4) is 0 Å². The Hall–Kier alpha value is -1.82. The number of aromatic nitrogens is 1. The molecule has 1 atom stereocenters. The van der Waals surface area contributed by atoms with E-state index in [0.717, 1.165) is 12.8 Å². The molecule has 3 rings (SSSR count). The smallest absolute Gasteiger partial charge is 0.251 e. The van der Waals surface area contributed by atoms with Gasteiger partial charge in [0.05, 0.1) is 11.7 Å². The highest BCUT2D eigenvalue weighted by Gasteiger charge is 2.41. The molecule has 1 aromatic carbocycles. The van der Waals surface area contributed by atoms with Gasteiger partial charge in [0.2, 0.25) is 0 Å². The van der Waals surface area contributed by atoms with Crippen molar-refractivity contribution in [1.29, 1.82) is 0 Å². The predicted molar refractivity (Wildman–Crippen MR) is 103 cm³/mol. The van der Waals surface area contributed by atoms with Gasteiger partial charge in [0.1, 0.15) is 11.5 Å². The Bertz CT molecular complexity index is 678. The SMILES string of the molecule is CC(CN)(NC(=O)c1ccc(Oc2cccnc2)cc1)C1CC1.Cl.Cl. The van der Waals surface area contributed by atoms with Crippen LogP contribution < -0.4 is 15.8 Å². The van der Waals surface area contributed by atoms with Crippen molar-refractivity contribution in [2.45, 2.75) is 25.3 Å². The number of rotatable bonds is 6. The molecule has 2 aromatic rings. The summed E-state index contributed by atoms with van der Waals surface area (Å²) in [4.78, 5) is 16.4. The molecular formula is C18H23Cl2N3O2. The van der Waals surface area contributed by atoms with Crippen LogP contribution in [0.4, 0.5) is 0 Å². The maximum Gasteiger partial charge on any atom is 0.251 e. The van der Waals surface area contributed by atoms with Crippen molar-refractivity contribution in [1.82, 2.24) is 10.3 Å². The summed E-state index contributed by atoms with van der Waals surface area (Å²) in [6.07, 6.45) is 5.59. The van der Waals surface area contributed by atoms with Crippen molar-refractivity contribution >= 4 is 30.7 Å². The molecule has 1 heterocycles. The van der Waals surface area contributed by atoms with Crippen LogP contribution >= 0.6 is 24.8 Å².